The molecule has 5 nitrogen and oxygen atoms in total. The first-order valence-corrected chi connectivity index (χ1v) is 6.63. The number of carbonyl (C=O) groups excluding carboxylic acids is 1. The van der Waals surface area contributed by atoms with Crippen molar-refractivity contribution in [3.05, 3.63) is 29.8 Å². The first-order chi connectivity index (χ1) is 9.20. The van der Waals surface area contributed by atoms with Crippen LogP contribution in [-0.2, 0) is 0 Å². The molecule has 1 aromatic carbocycles. The van der Waals surface area contributed by atoms with E-state index in [9.17, 15) is 9.90 Å². The summed E-state index contributed by atoms with van der Waals surface area (Å²) in [5, 5.41) is 21.9. The van der Waals surface area contributed by atoms with Crippen LogP contribution in [0.4, 0.5) is 0 Å². The minimum Gasteiger partial charge on any atom is -0.508 e. The van der Waals surface area contributed by atoms with Crippen molar-refractivity contribution in [3.8, 4) is 5.75 Å². The third kappa shape index (κ3) is 3.68. The van der Waals surface area contributed by atoms with E-state index in [2.05, 4.69) is 5.32 Å². The molecule has 0 aliphatic carbocycles. The molecule has 1 aliphatic rings. The van der Waals surface area contributed by atoms with E-state index in [0.29, 0.717) is 24.7 Å². The Kier molecular flexibility index (Phi) is 4.76. The van der Waals surface area contributed by atoms with Gasteiger partial charge in [-0.2, -0.15) is 0 Å². The lowest BCUT2D eigenvalue weighted by Crippen LogP contribution is -2.42. The van der Waals surface area contributed by atoms with Crippen LogP contribution in [0.5, 0.6) is 5.75 Å². The fourth-order valence-corrected chi connectivity index (χ4v) is 2.40. The average Bonchev–Trinajstić information content (AvgIpc) is 2.90. The molecule has 1 saturated heterocycles. The quantitative estimate of drug-likeness (QED) is 0.727. The highest BCUT2D eigenvalue weighted by atomic mass is 16.3. The Balaban J connectivity index is 2.06. The van der Waals surface area contributed by atoms with Gasteiger partial charge in [0.15, 0.2) is 0 Å². The van der Waals surface area contributed by atoms with Crippen LogP contribution in [0.2, 0.25) is 0 Å². The number of rotatable bonds is 5. The van der Waals surface area contributed by atoms with Crippen LogP contribution in [-0.4, -0.2) is 53.3 Å². The summed E-state index contributed by atoms with van der Waals surface area (Å²) >= 11 is 0. The molecule has 0 radical (unpaired) electrons. The van der Waals surface area contributed by atoms with Gasteiger partial charge in [0.2, 0.25) is 0 Å². The van der Waals surface area contributed by atoms with E-state index in [1.807, 2.05) is 0 Å². The Morgan fingerprint density at radius 3 is 2.95 bits per heavy atom. The lowest BCUT2D eigenvalue weighted by molar-refractivity contribution is 0.0706. The maximum atomic E-state index is 12.4. The summed E-state index contributed by atoms with van der Waals surface area (Å²) in [6, 6.07) is 6.61. The highest BCUT2D eigenvalue weighted by Crippen LogP contribution is 2.14. The number of hydrogen-bond acceptors (Lipinski definition) is 4. The summed E-state index contributed by atoms with van der Waals surface area (Å²) in [6.07, 6.45) is 2.17. The van der Waals surface area contributed by atoms with Crippen LogP contribution in [0.3, 0.4) is 0 Å². The molecule has 1 unspecified atom stereocenters. The molecule has 1 aromatic rings. The van der Waals surface area contributed by atoms with E-state index in [0.717, 1.165) is 19.4 Å². The molecule has 104 valence electrons. The number of carbonyl (C=O) groups is 1. The van der Waals surface area contributed by atoms with Gasteiger partial charge >= 0.3 is 0 Å². The minimum atomic E-state index is -0.154. The standard InChI is InChI=1S/C14H20N2O3/c17-8-7-16(10-12-4-2-6-15-12)14(19)11-3-1-5-13(18)9-11/h1,3,5,9,12,15,17-18H,2,4,6-8,10H2. The van der Waals surface area contributed by atoms with Crippen molar-refractivity contribution in [2.45, 2.75) is 18.9 Å². The molecule has 0 spiro atoms. The van der Waals surface area contributed by atoms with Gasteiger partial charge in [-0.15, -0.1) is 0 Å². The van der Waals surface area contributed by atoms with Gasteiger partial charge in [-0.25, -0.2) is 0 Å². The predicted octanol–water partition coefficient (Wildman–Crippen LogP) is 0.579. The number of aromatic hydroxyl groups is 1. The lowest BCUT2D eigenvalue weighted by Gasteiger charge is -2.25. The van der Waals surface area contributed by atoms with Crippen molar-refractivity contribution in [2.24, 2.45) is 0 Å². The molecule has 1 heterocycles. The summed E-state index contributed by atoms with van der Waals surface area (Å²) in [5.74, 6) is -0.0764. The van der Waals surface area contributed by atoms with E-state index in [1.165, 1.54) is 12.1 Å². The van der Waals surface area contributed by atoms with Crippen molar-refractivity contribution in [1.29, 1.82) is 0 Å². The number of benzene rings is 1. The number of nitrogens with zero attached hydrogens (tertiary/aromatic N) is 1. The largest absolute Gasteiger partial charge is 0.508 e. The van der Waals surface area contributed by atoms with Gasteiger partial charge in [0.1, 0.15) is 5.75 Å². The lowest BCUT2D eigenvalue weighted by atomic mass is 10.1. The molecule has 1 aliphatic heterocycles. The monoisotopic (exact) mass is 264 g/mol. The summed E-state index contributed by atoms with van der Waals surface area (Å²) in [7, 11) is 0. The summed E-state index contributed by atoms with van der Waals surface area (Å²) in [6.45, 7) is 1.83. The van der Waals surface area contributed by atoms with Gasteiger partial charge in [-0.1, -0.05) is 6.07 Å². The van der Waals surface area contributed by atoms with Crippen LogP contribution in [0.15, 0.2) is 24.3 Å². The highest BCUT2D eigenvalue weighted by Gasteiger charge is 2.22. The van der Waals surface area contributed by atoms with Crippen molar-refractivity contribution >= 4 is 5.91 Å². The van der Waals surface area contributed by atoms with E-state index in [4.69, 9.17) is 5.11 Å². The molecule has 2 rings (SSSR count). The summed E-state index contributed by atoms with van der Waals surface area (Å²) in [5.41, 5.74) is 0.450. The zero-order valence-corrected chi connectivity index (χ0v) is 10.9. The van der Waals surface area contributed by atoms with E-state index >= 15 is 0 Å². The smallest absolute Gasteiger partial charge is 0.254 e. The molecular formula is C14H20N2O3. The summed E-state index contributed by atoms with van der Waals surface area (Å²) < 4.78 is 0. The second-order valence-electron chi connectivity index (χ2n) is 4.82. The molecule has 0 bridgehead atoms. The number of phenols is 1. The normalized spacial score (nSPS) is 18.5. The average molecular weight is 264 g/mol. The Morgan fingerprint density at radius 2 is 2.32 bits per heavy atom. The van der Waals surface area contributed by atoms with Gasteiger partial charge in [0, 0.05) is 24.7 Å². The Morgan fingerprint density at radius 1 is 1.47 bits per heavy atom. The van der Waals surface area contributed by atoms with E-state index in [1.54, 1.807) is 17.0 Å². The van der Waals surface area contributed by atoms with Crippen LogP contribution in [0, 0.1) is 0 Å². The number of phenolic OH excluding ortho intramolecular Hbond substituents is 1. The molecule has 19 heavy (non-hydrogen) atoms. The molecule has 1 fully saturated rings. The van der Waals surface area contributed by atoms with Crippen LogP contribution in [0.1, 0.15) is 23.2 Å². The van der Waals surface area contributed by atoms with Crippen LogP contribution < -0.4 is 5.32 Å². The predicted molar refractivity (Wildman–Crippen MR) is 72.1 cm³/mol. The van der Waals surface area contributed by atoms with Gasteiger partial charge in [-0.05, 0) is 37.6 Å². The highest BCUT2D eigenvalue weighted by molar-refractivity contribution is 5.94. The first-order valence-electron chi connectivity index (χ1n) is 6.63. The Labute approximate surface area is 112 Å². The SMILES string of the molecule is O=C(c1cccc(O)c1)N(CCO)CC1CCCN1. The van der Waals surface area contributed by atoms with Crippen LogP contribution >= 0.6 is 0 Å². The van der Waals surface area contributed by atoms with Gasteiger partial charge in [-0.3, -0.25) is 4.79 Å². The topological polar surface area (TPSA) is 72.8 Å². The van der Waals surface area contributed by atoms with Gasteiger partial charge < -0.3 is 20.4 Å². The van der Waals surface area contributed by atoms with Gasteiger partial charge in [0.25, 0.3) is 5.91 Å². The van der Waals surface area contributed by atoms with Crippen LogP contribution in [0.25, 0.3) is 0 Å². The molecule has 1 atom stereocenters. The zero-order chi connectivity index (χ0) is 13.7. The molecular weight excluding hydrogens is 244 g/mol. The number of amides is 1. The second-order valence-corrected chi connectivity index (χ2v) is 4.82. The first kappa shape index (κ1) is 13.8. The Bertz CT molecular complexity index is 430. The van der Waals surface area contributed by atoms with Crippen molar-refractivity contribution in [2.75, 3.05) is 26.2 Å². The zero-order valence-electron chi connectivity index (χ0n) is 10.9. The maximum Gasteiger partial charge on any atom is 0.254 e. The summed E-state index contributed by atoms with van der Waals surface area (Å²) in [4.78, 5) is 14.0. The van der Waals surface area contributed by atoms with Crippen molar-refractivity contribution < 1.29 is 15.0 Å². The minimum absolute atomic E-state index is 0.0583. The maximum absolute atomic E-state index is 12.4. The molecule has 5 heteroatoms. The fourth-order valence-electron chi connectivity index (χ4n) is 2.40. The van der Waals surface area contributed by atoms with Crippen molar-refractivity contribution in [3.63, 3.8) is 0 Å². The fraction of sp³-hybridized carbons (Fsp3) is 0.500. The number of hydrogen-bond donors (Lipinski definition) is 3. The van der Waals surface area contributed by atoms with Crippen molar-refractivity contribution in [1.82, 2.24) is 10.2 Å². The van der Waals surface area contributed by atoms with Gasteiger partial charge in [0.05, 0.1) is 6.61 Å². The molecule has 0 saturated carbocycles. The number of nitrogens with one attached hydrogen (secondary N) is 1. The third-order valence-electron chi connectivity index (χ3n) is 3.35. The molecule has 3 N–H and O–H groups in total. The van der Waals surface area contributed by atoms with E-state index in [-0.39, 0.29) is 18.3 Å². The van der Waals surface area contributed by atoms with E-state index < -0.39 is 0 Å². The number of aliphatic hydroxyl groups excluding tert-OH is 1. The number of aliphatic hydroxyl groups is 1. The Hall–Kier alpha value is -1.59. The molecule has 0 aromatic heterocycles. The second kappa shape index (κ2) is 6.54. The molecule has 1 amide bonds. The third-order valence-corrected chi connectivity index (χ3v) is 3.35.